The Morgan fingerprint density at radius 3 is 2.18 bits per heavy atom. The maximum absolute atomic E-state index is 12.4. The monoisotopic (exact) mass is 375 g/mol. The van der Waals surface area contributed by atoms with Crippen LogP contribution in [0.3, 0.4) is 0 Å². The van der Waals surface area contributed by atoms with Crippen molar-refractivity contribution in [2.45, 2.75) is 13.0 Å². The first kappa shape index (κ1) is 19.2. The van der Waals surface area contributed by atoms with E-state index in [-0.39, 0.29) is 11.7 Å². The van der Waals surface area contributed by atoms with E-state index < -0.39 is 6.10 Å². The molecule has 0 radical (unpaired) electrons. The van der Waals surface area contributed by atoms with Crippen LogP contribution in [0, 0.1) is 0 Å². The zero-order chi connectivity index (χ0) is 19.9. The largest absolute Gasteiger partial charge is 0.497 e. The molecular formula is C23H21NO4. The lowest BCUT2D eigenvalue weighted by atomic mass is 10.0. The van der Waals surface area contributed by atoms with E-state index in [1.165, 1.54) is 0 Å². The van der Waals surface area contributed by atoms with E-state index in [9.17, 15) is 9.59 Å². The summed E-state index contributed by atoms with van der Waals surface area (Å²) in [4.78, 5) is 24.8. The molecule has 0 aliphatic carbocycles. The Kier molecular flexibility index (Phi) is 6.07. The lowest BCUT2D eigenvalue weighted by Crippen LogP contribution is -2.30. The minimum Gasteiger partial charge on any atom is -0.497 e. The smallest absolute Gasteiger partial charge is 0.265 e. The van der Waals surface area contributed by atoms with Crippen molar-refractivity contribution >= 4 is 17.4 Å². The zero-order valence-corrected chi connectivity index (χ0v) is 15.7. The second-order valence-corrected chi connectivity index (χ2v) is 6.20. The fourth-order valence-electron chi connectivity index (χ4n) is 2.64. The van der Waals surface area contributed by atoms with Crippen molar-refractivity contribution in [3.8, 4) is 11.5 Å². The van der Waals surface area contributed by atoms with Crippen LogP contribution in [0.4, 0.5) is 5.69 Å². The molecule has 0 aliphatic heterocycles. The number of methoxy groups -OCH3 is 1. The van der Waals surface area contributed by atoms with Gasteiger partial charge in [-0.05, 0) is 43.3 Å². The van der Waals surface area contributed by atoms with E-state index in [0.29, 0.717) is 28.3 Å². The number of hydrogen-bond donors (Lipinski definition) is 1. The van der Waals surface area contributed by atoms with Crippen molar-refractivity contribution < 1.29 is 19.1 Å². The molecule has 0 saturated heterocycles. The van der Waals surface area contributed by atoms with Crippen LogP contribution in [0.1, 0.15) is 22.8 Å². The van der Waals surface area contributed by atoms with Crippen LogP contribution >= 0.6 is 0 Å². The highest BCUT2D eigenvalue weighted by Crippen LogP contribution is 2.19. The summed E-state index contributed by atoms with van der Waals surface area (Å²) in [5, 5.41) is 2.79. The summed E-state index contributed by atoms with van der Waals surface area (Å²) in [5.74, 6) is 0.830. The standard InChI is InChI=1S/C23H21NO4/c1-16(23(26)24-19-9-6-10-21(15-19)27-2)28-20-13-11-18(12-14-20)22(25)17-7-4-3-5-8-17/h3-16H,1-2H3,(H,24,26)/t16-/m0/s1. The highest BCUT2D eigenvalue weighted by atomic mass is 16.5. The molecule has 142 valence electrons. The lowest BCUT2D eigenvalue weighted by molar-refractivity contribution is -0.122. The fourth-order valence-corrected chi connectivity index (χ4v) is 2.64. The number of carbonyl (C=O) groups excluding carboxylic acids is 2. The van der Waals surface area contributed by atoms with Crippen molar-refractivity contribution in [3.05, 3.63) is 90.0 Å². The van der Waals surface area contributed by atoms with E-state index in [2.05, 4.69) is 5.32 Å². The first-order chi connectivity index (χ1) is 13.6. The summed E-state index contributed by atoms with van der Waals surface area (Å²) in [6.45, 7) is 1.67. The molecule has 0 fully saturated rings. The molecule has 3 aromatic rings. The number of ketones is 1. The minimum atomic E-state index is -0.707. The minimum absolute atomic E-state index is 0.0593. The SMILES string of the molecule is COc1cccc(NC(=O)[C@H](C)Oc2ccc(C(=O)c3ccccc3)cc2)c1. The molecule has 0 spiro atoms. The molecule has 1 N–H and O–H groups in total. The summed E-state index contributed by atoms with van der Waals surface area (Å²) in [5.41, 5.74) is 1.82. The first-order valence-electron chi connectivity index (χ1n) is 8.88. The molecule has 3 rings (SSSR count). The summed E-state index contributed by atoms with van der Waals surface area (Å²) < 4.78 is 10.8. The molecule has 3 aromatic carbocycles. The molecule has 0 saturated carbocycles. The van der Waals surface area contributed by atoms with Gasteiger partial charge in [-0.15, -0.1) is 0 Å². The molecule has 0 unspecified atom stereocenters. The van der Waals surface area contributed by atoms with Crippen LogP contribution < -0.4 is 14.8 Å². The van der Waals surface area contributed by atoms with E-state index in [0.717, 1.165) is 0 Å². The fraction of sp³-hybridized carbons (Fsp3) is 0.130. The number of carbonyl (C=O) groups is 2. The van der Waals surface area contributed by atoms with Gasteiger partial charge in [0.05, 0.1) is 7.11 Å². The Balaban J connectivity index is 1.61. The summed E-state index contributed by atoms with van der Waals surface area (Å²) in [7, 11) is 1.57. The Morgan fingerprint density at radius 2 is 1.50 bits per heavy atom. The van der Waals surface area contributed by atoms with Crippen LogP contribution in [0.2, 0.25) is 0 Å². The third kappa shape index (κ3) is 4.76. The average Bonchev–Trinajstić information content (AvgIpc) is 2.74. The molecular weight excluding hydrogens is 354 g/mol. The van der Waals surface area contributed by atoms with Crippen molar-refractivity contribution in [1.29, 1.82) is 0 Å². The molecule has 0 aliphatic rings. The first-order valence-corrected chi connectivity index (χ1v) is 8.88. The van der Waals surface area contributed by atoms with Crippen LogP contribution in [0.25, 0.3) is 0 Å². The quantitative estimate of drug-likeness (QED) is 0.624. The van der Waals surface area contributed by atoms with Crippen LogP contribution in [-0.2, 0) is 4.79 Å². The average molecular weight is 375 g/mol. The second-order valence-electron chi connectivity index (χ2n) is 6.20. The Hall–Kier alpha value is -3.60. The predicted octanol–water partition coefficient (Wildman–Crippen LogP) is 4.33. The van der Waals surface area contributed by atoms with E-state index in [4.69, 9.17) is 9.47 Å². The molecule has 5 heteroatoms. The van der Waals surface area contributed by atoms with Gasteiger partial charge in [0, 0.05) is 22.9 Å². The summed E-state index contributed by atoms with van der Waals surface area (Å²) >= 11 is 0. The molecule has 0 aromatic heterocycles. The van der Waals surface area contributed by atoms with Crippen LogP contribution in [-0.4, -0.2) is 24.9 Å². The highest BCUT2D eigenvalue weighted by molar-refractivity contribution is 6.09. The van der Waals surface area contributed by atoms with Crippen LogP contribution in [0.5, 0.6) is 11.5 Å². The Labute approximate surface area is 163 Å². The van der Waals surface area contributed by atoms with Crippen molar-refractivity contribution in [3.63, 3.8) is 0 Å². The van der Waals surface area contributed by atoms with Crippen molar-refractivity contribution in [2.75, 3.05) is 12.4 Å². The number of rotatable bonds is 7. The molecule has 28 heavy (non-hydrogen) atoms. The van der Waals surface area contributed by atoms with Crippen molar-refractivity contribution in [2.24, 2.45) is 0 Å². The van der Waals surface area contributed by atoms with E-state index >= 15 is 0 Å². The van der Waals surface area contributed by atoms with Gasteiger partial charge in [-0.3, -0.25) is 9.59 Å². The molecule has 0 heterocycles. The Bertz CT molecular complexity index is 952. The number of ether oxygens (including phenoxy) is 2. The number of amides is 1. The molecule has 1 atom stereocenters. The lowest BCUT2D eigenvalue weighted by Gasteiger charge is -2.15. The maximum atomic E-state index is 12.4. The van der Waals surface area contributed by atoms with Crippen molar-refractivity contribution in [1.82, 2.24) is 0 Å². The van der Waals surface area contributed by atoms with Gasteiger partial charge in [0.1, 0.15) is 11.5 Å². The van der Waals surface area contributed by atoms with Gasteiger partial charge in [-0.1, -0.05) is 36.4 Å². The maximum Gasteiger partial charge on any atom is 0.265 e. The van der Waals surface area contributed by atoms with Gasteiger partial charge < -0.3 is 14.8 Å². The molecule has 5 nitrogen and oxygen atoms in total. The van der Waals surface area contributed by atoms with Gasteiger partial charge in [-0.25, -0.2) is 0 Å². The predicted molar refractivity (Wildman–Crippen MR) is 108 cm³/mol. The van der Waals surface area contributed by atoms with Crippen LogP contribution in [0.15, 0.2) is 78.9 Å². The second kappa shape index (κ2) is 8.86. The number of nitrogens with one attached hydrogen (secondary N) is 1. The van der Waals surface area contributed by atoms with Gasteiger partial charge in [-0.2, -0.15) is 0 Å². The number of hydrogen-bond acceptors (Lipinski definition) is 4. The van der Waals surface area contributed by atoms with Gasteiger partial charge >= 0.3 is 0 Å². The third-order valence-electron chi connectivity index (χ3n) is 4.17. The summed E-state index contributed by atoms with van der Waals surface area (Å²) in [6, 6.07) is 22.9. The molecule has 0 bridgehead atoms. The van der Waals surface area contributed by atoms with E-state index in [1.807, 2.05) is 18.2 Å². The molecule has 1 amide bonds. The summed E-state index contributed by atoms with van der Waals surface area (Å²) in [6.07, 6.45) is -0.707. The van der Waals surface area contributed by atoms with Gasteiger partial charge in [0.25, 0.3) is 5.91 Å². The van der Waals surface area contributed by atoms with Gasteiger partial charge in [0.2, 0.25) is 0 Å². The Morgan fingerprint density at radius 1 is 0.821 bits per heavy atom. The van der Waals surface area contributed by atoms with Gasteiger partial charge in [0.15, 0.2) is 11.9 Å². The van der Waals surface area contributed by atoms with E-state index in [1.54, 1.807) is 74.7 Å². The normalized spacial score (nSPS) is 11.4. The topological polar surface area (TPSA) is 64.6 Å². The third-order valence-corrected chi connectivity index (χ3v) is 4.17. The number of benzene rings is 3. The highest BCUT2D eigenvalue weighted by Gasteiger charge is 2.16. The number of anilines is 1. The zero-order valence-electron chi connectivity index (χ0n) is 15.7.